The Bertz CT molecular complexity index is 1070. The summed E-state index contributed by atoms with van der Waals surface area (Å²) < 4.78 is 45.8. The summed E-state index contributed by atoms with van der Waals surface area (Å²) in [5, 5.41) is 0. The van der Waals surface area contributed by atoms with Gasteiger partial charge in [0.05, 0.1) is 30.8 Å². The highest BCUT2D eigenvalue weighted by atomic mass is 19.4. The molecule has 7 heteroatoms. The summed E-state index contributed by atoms with van der Waals surface area (Å²) in [6.07, 6.45) is -4.45. The molecule has 1 aliphatic rings. The molecule has 2 aromatic carbocycles. The number of pyridine rings is 1. The minimum absolute atomic E-state index is 0.0137. The monoisotopic (exact) mass is 440 g/mol. The number of benzene rings is 2. The average molecular weight is 440 g/mol. The summed E-state index contributed by atoms with van der Waals surface area (Å²) in [4.78, 5) is 19.0. The lowest BCUT2D eigenvalue weighted by atomic mass is 10.0. The fraction of sp³-hybridized carbons (Fsp3) is 0.280. The lowest BCUT2D eigenvalue weighted by Gasteiger charge is -2.33. The van der Waals surface area contributed by atoms with Gasteiger partial charge >= 0.3 is 6.18 Å². The van der Waals surface area contributed by atoms with Crippen molar-refractivity contribution in [3.05, 3.63) is 101 Å². The standard InChI is InChI=1S/C25H23F3N2O2/c26-25(27,28)21-11-5-4-9-19(21)16-20-10-6-12-22(29-20)23-17-30(13-14-32-23)24(31)15-18-7-2-1-3-8-18/h1-12,23H,13-17H2/t23-/m1/s1. The molecule has 1 atom stereocenters. The van der Waals surface area contributed by atoms with E-state index in [-0.39, 0.29) is 17.9 Å². The van der Waals surface area contributed by atoms with Crippen LogP contribution in [0.25, 0.3) is 0 Å². The number of hydrogen-bond acceptors (Lipinski definition) is 3. The maximum absolute atomic E-state index is 13.3. The number of hydrogen-bond donors (Lipinski definition) is 0. The highest BCUT2D eigenvalue weighted by Crippen LogP contribution is 2.33. The molecule has 1 amide bonds. The molecule has 1 aliphatic heterocycles. The van der Waals surface area contributed by atoms with Crippen LogP contribution in [-0.2, 0) is 28.5 Å². The van der Waals surface area contributed by atoms with Crippen LogP contribution in [0.15, 0.2) is 72.8 Å². The molecule has 0 spiro atoms. The fourth-order valence-corrected chi connectivity index (χ4v) is 3.86. The molecule has 1 saturated heterocycles. The van der Waals surface area contributed by atoms with Crippen LogP contribution in [0.5, 0.6) is 0 Å². The number of alkyl halides is 3. The van der Waals surface area contributed by atoms with E-state index in [1.54, 1.807) is 29.2 Å². The van der Waals surface area contributed by atoms with Crippen LogP contribution < -0.4 is 0 Å². The van der Waals surface area contributed by atoms with E-state index in [1.165, 1.54) is 12.1 Å². The predicted molar refractivity (Wildman–Crippen MR) is 114 cm³/mol. The van der Waals surface area contributed by atoms with Gasteiger partial charge in [-0.1, -0.05) is 54.6 Å². The van der Waals surface area contributed by atoms with E-state index in [0.717, 1.165) is 11.6 Å². The number of halogens is 3. The topological polar surface area (TPSA) is 42.4 Å². The zero-order valence-corrected chi connectivity index (χ0v) is 17.4. The van der Waals surface area contributed by atoms with Crippen molar-refractivity contribution in [3.63, 3.8) is 0 Å². The molecule has 0 unspecified atom stereocenters. The maximum atomic E-state index is 13.3. The summed E-state index contributed by atoms with van der Waals surface area (Å²) in [7, 11) is 0. The Labute approximate surface area is 184 Å². The van der Waals surface area contributed by atoms with Crippen LogP contribution in [0.2, 0.25) is 0 Å². The van der Waals surface area contributed by atoms with Gasteiger partial charge in [0.25, 0.3) is 0 Å². The van der Waals surface area contributed by atoms with Gasteiger partial charge in [0.1, 0.15) is 6.10 Å². The minimum Gasteiger partial charge on any atom is -0.368 e. The van der Waals surface area contributed by atoms with Crippen LogP contribution in [0.4, 0.5) is 13.2 Å². The van der Waals surface area contributed by atoms with Gasteiger partial charge in [-0.05, 0) is 29.3 Å². The SMILES string of the molecule is O=C(Cc1ccccc1)N1CCO[C@@H](c2cccc(Cc3ccccc3C(F)(F)F)n2)C1. The van der Waals surface area contributed by atoms with E-state index >= 15 is 0 Å². The normalized spacial score (nSPS) is 16.7. The van der Waals surface area contributed by atoms with Crippen molar-refractivity contribution in [1.29, 1.82) is 0 Å². The molecule has 3 aromatic rings. The van der Waals surface area contributed by atoms with E-state index in [4.69, 9.17) is 4.74 Å². The summed E-state index contributed by atoms with van der Waals surface area (Å²) in [5.41, 5.74) is 1.61. The molecule has 4 rings (SSSR count). The Morgan fingerprint density at radius 2 is 1.75 bits per heavy atom. The molecular weight excluding hydrogens is 417 g/mol. The van der Waals surface area contributed by atoms with E-state index < -0.39 is 17.8 Å². The Hall–Kier alpha value is -3.19. The summed E-state index contributed by atoms with van der Waals surface area (Å²) in [6, 6.07) is 20.3. The minimum atomic E-state index is -4.42. The first-order valence-electron chi connectivity index (χ1n) is 10.4. The molecule has 2 heterocycles. The third kappa shape index (κ3) is 5.34. The number of ether oxygens (including phenoxy) is 1. The molecule has 0 radical (unpaired) electrons. The van der Waals surface area contributed by atoms with Crippen molar-refractivity contribution in [2.45, 2.75) is 25.1 Å². The highest BCUT2D eigenvalue weighted by Gasteiger charge is 2.33. The number of aromatic nitrogens is 1. The number of carbonyl (C=O) groups is 1. The Kier molecular flexibility index (Phi) is 6.55. The van der Waals surface area contributed by atoms with Crippen molar-refractivity contribution in [1.82, 2.24) is 9.88 Å². The Morgan fingerprint density at radius 1 is 1.00 bits per heavy atom. The van der Waals surface area contributed by atoms with Crippen LogP contribution >= 0.6 is 0 Å². The van der Waals surface area contributed by atoms with Crippen LogP contribution in [0.3, 0.4) is 0 Å². The van der Waals surface area contributed by atoms with Crippen molar-refractivity contribution in [2.75, 3.05) is 19.7 Å². The number of amides is 1. The maximum Gasteiger partial charge on any atom is 0.416 e. The van der Waals surface area contributed by atoms with E-state index in [9.17, 15) is 18.0 Å². The second-order valence-corrected chi connectivity index (χ2v) is 7.75. The molecular formula is C25H23F3N2O2. The first-order valence-corrected chi connectivity index (χ1v) is 10.4. The Balaban J connectivity index is 1.47. The van der Waals surface area contributed by atoms with Gasteiger partial charge in [-0.2, -0.15) is 13.2 Å². The molecule has 1 aromatic heterocycles. The van der Waals surface area contributed by atoms with Gasteiger partial charge in [0.15, 0.2) is 0 Å². The smallest absolute Gasteiger partial charge is 0.368 e. The summed E-state index contributed by atoms with van der Waals surface area (Å²) in [5.74, 6) is 0.0137. The molecule has 0 saturated carbocycles. The number of morpholine rings is 1. The highest BCUT2D eigenvalue weighted by molar-refractivity contribution is 5.78. The van der Waals surface area contributed by atoms with Gasteiger partial charge in [-0.15, -0.1) is 0 Å². The summed E-state index contributed by atoms with van der Waals surface area (Å²) in [6.45, 7) is 1.25. The van der Waals surface area contributed by atoms with E-state index in [1.807, 2.05) is 30.3 Å². The number of rotatable bonds is 5. The molecule has 0 bridgehead atoms. The third-order valence-corrected chi connectivity index (χ3v) is 5.47. The lowest BCUT2D eigenvalue weighted by molar-refractivity contribution is -0.139. The van der Waals surface area contributed by atoms with Crippen molar-refractivity contribution >= 4 is 5.91 Å². The molecule has 166 valence electrons. The average Bonchev–Trinajstić information content (AvgIpc) is 2.80. The molecule has 0 aliphatic carbocycles. The van der Waals surface area contributed by atoms with Gasteiger partial charge < -0.3 is 9.64 Å². The van der Waals surface area contributed by atoms with Crippen LogP contribution in [0.1, 0.15) is 34.2 Å². The van der Waals surface area contributed by atoms with Gasteiger partial charge in [0.2, 0.25) is 5.91 Å². The summed E-state index contributed by atoms with van der Waals surface area (Å²) >= 11 is 0. The number of carbonyl (C=O) groups excluding carboxylic acids is 1. The molecule has 32 heavy (non-hydrogen) atoms. The first-order chi connectivity index (χ1) is 15.4. The second-order valence-electron chi connectivity index (χ2n) is 7.75. The quantitative estimate of drug-likeness (QED) is 0.571. The van der Waals surface area contributed by atoms with E-state index in [2.05, 4.69) is 4.98 Å². The van der Waals surface area contributed by atoms with Crippen LogP contribution in [0, 0.1) is 0 Å². The first kappa shape index (κ1) is 22.0. The zero-order valence-electron chi connectivity index (χ0n) is 17.4. The second kappa shape index (κ2) is 9.53. The molecule has 0 N–H and O–H groups in total. The fourth-order valence-electron chi connectivity index (χ4n) is 3.86. The van der Waals surface area contributed by atoms with Gasteiger partial charge in [-0.25, -0.2) is 0 Å². The molecule has 4 nitrogen and oxygen atoms in total. The molecule has 1 fully saturated rings. The Morgan fingerprint density at radius 3 is 2.53 bits per heavy atom. The van der Waals surface area contributed by atoms with Gasteiger partial charge in [0, 0.05) is 18.7 Å². The number of nitrogens with zero attached hydrogens (tertiary/aromatic N) is 2. The van der Waals surface area contributed by atoms with Crippen molar-refractivity contribution < 1.29 is 22.7 Å². The van der Waals surface area contributed by atoms with Crippen molar-refractivity contribution in [2.24, 2.45) is 0 Å². The van der Waals surface area contributed by atoms with Gasteiger partial charge in [-0.3, -0.25) is 9.78 Å². The zero-order chi connectivity index (χ0) is 22.6. The van der Waals surface area contributed by atoms with E-state index in [0.29, 0.717) is 37.5 Å². The lowest BCUT2D eigenvalue weighted by Crippen LogP contribution is -2.43. The third-order valence-electron chi connectivity index (χ3n) is 5.47. The van der Waals surface area contributed by atoms with Crippen molar-refractivity contribution in [3.8, 4) is 0 Å². The van der Waals surface area contributed by atoms with Crippen LogP contribution in [-0.4, -0.2) is 35.5 Å². The predicted octanol–water partition coefficient (Wildman–Crippen LogP) is 4.83. The largest absolute Gasteiger partial charge is 0.416 e.